The van der Waals surface area contributed by atoms with Gasteiger partial charge >= 0.3 is 5.97 Å². The Morgan fingerprint density at radius 3 is 2.31 bits per heavy atom. The van der Waals surface area contributed by atoms with Crippen molar-refractivity contribution in [1.82, 2.24) is 0 Å². The van der Waals surface area contributed by atoms with E-state index in [2.05, 4.69) is 6.92 Å². The zero-order valence-electron chi connectivity index (χ0n) is 18.7. The second kappa shape index (κ2) is 11.8. The summed E-state index contributed by atoms with van der Waals surface area (Å²) in [5.41, 5.74) is -0.719. The molecule has 0 aromatic heterocycles. The van der Waals surface area contributed by atoms with Gasteiger partial charge in [-0.25, -0.2) is 4.79 Å². The van der Waals surface area contributed by atoms with E-state index in [1.54, 1.807) is 30.8 Å². The molecule has 0 saturated heterocycles. The van der Waals surface area contributed by atoms with Crippen LogP contribution in [-0.2, 0) is 9.59 Å². The Bertz CT molecular complexity index is 672. The summed E-state index contributed by atoms with van der Waals surface area (Å²) in [6.45, 7) is 9.49. The number of aliphatic hydroxyl groups is 1. The average Bonchev–Trinajstić information content (AvgIpc) is 2.62. The number of unbranched alkanes of at least 4 members (excludes halogenated alkanes) is 6. The van der Waals surface area contributed by atoms with E-state index in [9.17, 15) is 14.7 Å². The number of hydrogen-bond donors (Lipinski definition) is 2. The van der Waals surface area contributed by atoms with Gasteiger partial charge in [0.1, 0.15) is 5.60 Å². The summed E-state index contributed by atoms with van der Waals surface area (Å²) in [5, 5.41) is 20.4. The Labute approximate surface area is 180 Å². The van der Waals surface area contributed by atoms with Crippen molar-refractivity contribution < 1.29 is 19.8 Å². The van der Waals surface area contributed by atoms with Crippen molar-refractivity contribution >= 4 is 23.5 Å². The highest BCUT2D eigenvalue weighted by Crippen LogP contribution is 2.48. The predicted molar refractivity (Wildman–Crippen MR) is 122 cm³/mol. The van der Waals surface area contributed by atoms with Crippen LogP contribution in [0.5, 0.6) is 0 Å². The largest absolute Gasteiger partial charge is 0.478 e. The minimum atomic E-state index is -1.28. The summed E-state index contributed by atoms with van der Waals surface area (Å²) in [7, 11) is 0. The molecular formula is C24H38O4S. The molecule has 1 aliphatic rings. The summed E-state index contributed by atoms with van der Waals surface area (Å²) in [4.78, 5) is 24.2. The molecule has 0 radical (unpaired) electrons. The maximum Gasteiger partial charge on any atom is 0.328 e. The zero-order valence-corrected chi connectivity index (χ0v) is 19.5. The van der Waals surface area contributed by atoms with Gasteiger partial charge in [0.25, 0.3) is 0 Å². The predicted octanol–water partition coefficient (Wildman–Crippen LogP) is 6.06. The number of ketones is 1. The fraction of sp³-hybridized carbons (Fsp3) is 0.667. The van der Waals surface area contributed by atoms with Crippen LogP contribution in [0, 0.1) is 5.41 Å². The first kappa shape index (κ1) is 25.7. The summed E-state index contributed by atoms with van der Waals surface area (Å²) < 4.78 is 0. The van der Waals surface area contributed by atoms with E-state index in [-0.39, 0.29) is 12.2 Å². The first-order valence-corrected chi connectivity index (χ1v) is 11.7. The van der Waals surface area contributed by atoms with Crippen LogP contribution in [0.2, 0.25) is 0 Å². The van der Waals surface area contributed by atoms with Gasteiger partial charge in [0.2, 0.25) is 0 Å². The van der Waals surface area contributed by atoms with Crippen LogP contribution < -0.4 is 0 Å². The van der Waals surface area contributed by atoms with Crippen LogP contribution in [0.25, 0.3) is 0 Å². The summed E-state index contributed by atoms with van der Waals surface area (Å²) in [6, 6.07) is 0. The Morgan fingerprint density at radius 1 is 1.14 bits per heavy atom. The van der Waals surface area contributed by atoms with Crippen molar-refractivity contribution in [3.8, 4) is 0 Å². The number of carbonyl (C=O) groups excluding carboxylic acids is 1. The highest BCUT2D eigenvalue weighted by atomic mass is 32.2. The molecule has 29 heavy (non-hydrogen) atoms. The zero-order chi connectivity index (χ0) is 22.1. The molecule has 1 rings (SSSR count). The molecule has 0 amide bonds. The quantitative estimate of drug-likeness (QED) is 0.227. The minimum absolute atomic E-state index is 0.0938. The van der Waals surface area contributed by atoms with E-state index in [0.717, 1.165) is 18.2 Å². The van der Waals surface area contributed by atoms with E-state index in [1.807, 2.05) is 20.8 Å². The third-order valence-corrected chi connectivity index (χ3v) is 7.05. The van der Waals surface area contributed by atoms with Crippen LogP contribution in [0.1, 0.15) is 86.0 Å². The number of carboxylic acids is 1. The van der Waals surface area contributed by atoms with Gasteiger partial charge < -0.3 is 10.2 Å². The number of rotatable bonds is 12. The van der Waals surface area contributed by atoms with Crippen LogP contribution in [-0.4, -0.2) is 33.3 Å². The molecule has 0 aliphatic heterocycles. The Morgan fingerprint density at radius 2 is 1.72 bits per heavy atom. The molecule has 0 aromatic carbocycles. The lowest BCUT2D eigenvalue weighted by Gasteiger charge is -2.45. The summed E-state index contributed by atoms with van der Waals surface area (Å²) in [6.07, 6.45) is 13.3. The summed E-state index contributed by atoms with van der Waals surface area (Å²) >= 11 is 1.56. The molecule has 0 aromatic rings. The van der Waals surface area contributed by atoms with E-state index in [0.29, 0.717) is 16.1 Å². The molecule has 0 spiro atoms. The van der Waals surface area contributed by atoms with E-state index < -0.39 is 17.0 Å². The van der Waals surface area contributed by atoms with Crippen molar-refractivity contribution in [2.75, 3.05) is 5.75 Å². The van der Waals surface area contributed by atoms with Crippen LogP contribution in [0.4, 0.5) is 0 Å². The van der Waals surface area contributed by atoms with Gasteiger partial charge in [0.05, 0.1) is 4.91 Å². The smallest absolute Gasteiger partial charge is 0.328 e. The normalized spacial score (nSPS) is 22.6. The molecule has 1 atom stereocenters. The van der Waals surface area contributed by atoms with Gasteiger partial charge in [0, 0.05) is 17.9 Å². The van der Waals surface area contributed by atoms with Gasteiger partial charge in [-0.1, -0.05) is 65.4 Å². The maximum absolute atomic E-state index is 12.7. The van der Waals surface area contributed by atoms with Crippen LogP contribution in [0.3, 0.4) is 0 Å². The lowest BCUT2D eigenvalue weighted by Crippen LogP contribution is -2.49. The van der Waals surface area contributed by atoms with E-state index >= 15 is 0 Å². The van der Waals surface area contributed by atoms with Gasteiger partial charge in [-0.05, 0) is 43.2 Å². The van der Waals surface area contributed by atoms with Crippen molar-refractivity contribution in [2.24, 2.45) is 5.41 Å². The highest BCUT2D eigenvalue weighted by Gasteiger charge is 2.49. The number of Topliss-reactive ketones (excluding diaryl/α,β-unsaturated/α-hetero) is 1. The SMILES string of the molecule is CCCCCCCCCSC1=C(C)[C@](O)(/C=C/C(C)=C\C(=O)O)C(C)(C)CC1=O. The lowest BCUT2D eigenvalue weighted by atomic mass is 9.64. The molecule has 0 unspecified atom stereocenters. The van der Waals surface area contributed by atoms with E-state index in [1.165, 1.54) is 38.5 Å². The van der Waals surface area contributed by atoms with E-state index in [4.69, 9.17) is 5.11 Å². The van der Waals surface area contributed by atoms with Crippen molar-refractivity contribution in [3.05, 3.63) is 34.3 Å². The fourth-order valence-electron chi connectivity index (χ4n) is 3.77. The molecule has 2 N–H and O–H groups in total. The van der Waals surface area contributed by atoms with Crippen LogP contribution in [0.15, 0.2) is 34.3 Å². The molecule has 0 saturated carbocycles. The van der Waals surface area contributed by atoms with Crippen molar-refractivity contribution in [2.45, 2.75) is 91.6 Å². The standard InChI is InChI=1S/C24H38O4S/c1-6-7-8-9-10-11-12-15-29-22-19(3)24(28,23(4,5)17-20(22)25)14-13-18(2)16-21(26)27/h13-14,16,28H,6-12,15,17H2,1-5H3,(H,26,27)/b14-13+,18-16-/t24-/m1/s1. The number of carboxylic acid groups (broad SMARTS) is 1. The van der Waals surface area contributed by atoms with Gasteiger partial charge in [-0.15, -0.1) is 11.8 Å². The minimum Gasteiger partial charge on any atom is -0.478 e. The Kier molecular flexibility index (Phi) is 10.4. The number of hydrogen-bond acceptors (Lipinski definition) is 4. The number of thioether (sulfide) groups is 1. The van der Waals surface area contributed by atoms with Crippen LogP contribution >= 0.6 is 11.8 Å². The Hall–Kier alpha value is -1.33. The highest BCUT2D eigenvalue weighted by molar-refractivity contribution is 8.04. The van der Waals surface area contributed by atoms with Gasteiger partial charge in [-0.2, -0.15) is 0 Å². The molecule has 0 fully saturated rings. The lowest BCUT2D eigenvalue weighted by molar-refractivity contribution is -0.131. The topological polar surface area (TPSA) is 74.6 Å². The fourth-order valence-corrected chi connectivity index (χ4v) is 4.93. The molecule has 4 nitrogen and oxygen atoms in total. The second-order valence-electron chi connectivity index (χ2n) is 8.73. The molecule has 1 aliphatic carbocycles. The third-order valence-electron chi connectivity index (χ3n) is 5.73. The Balaban J connectivity index is 2.85. The molecule has 0 heterocycles. The number of aliphatic carboxylic acids is 1. The molecule has 0 bridgehead atoms. The van der Waals surface area contributed by atoms with Crippen molar-refractivity contribution in [3.63, 3.8) is 0 Å². The number of carbonyl (C=O) groups is 2. The molecule has 5 heteroatoms. The first-order valence-electron chi connectivity index (χ1n) is 10.8. The third kappa shape index (κ3) is 7.45. The maximum atomic E-state index is 12.7. The average molecular weight is 423 g/mol. The van der Waals surface area contributed by atoms with Crippen molar-refractivity contribution in [1.29, 1.82) is 0 Å². The molecular weight excluding hydrogens is 384 g/mol. The first-order chi connectivity index (χ1) is 13.5. The van der Waals surface area contributed by atoms with Gasteiger partial charge in [0.15, 0.2) is 5.78 Å². The number of allylic oxidation sites excluding steroid dienone is 3. The van der Waals surface area contributed by atoms with Gasteiger partial charge in [-0.3, -0.25) is 4.79 Å². The second-order valence-corrected chi connectivity index (χ2v) is 9.84. The monoisotopic (exact) mass is 422 g/mol. The summed E-state index contributed by atoms with van der Waals surface area (Å²) in [5.74, 6) is -0.0450. The molecule has 164 valence electrons.